The molecule has 4 rings (SSSR count). The van der Waals surface area contributed by atoms with E-state index in [4.69, 9.17) is 9.72 Å². The van der Waals surface area contributed by atoms with Gasteiger partial charge in [-0.1, -0.05) is 81.7 Å². The zero-order valence-corrected chi connectivity index (χ0v) is 25.7. The molecular weight excluding hydrogens is 541 g/mol. The second-order valence-electron chi connectivity index (χ2n) is 10.8. The van der Waals surface area contributed by atoms with Crippen molar-refractivity contribution in [3.63, 3.8) is 0 Å². The first kappa shape index (κ1) is 30.5. The molecule has 3 aromatic rings. The van der Waals surface area contributed by atoms with Crippen LogP contribution < -0.4 is 9.64 Å². The number of hydrogen-bond donors (Lipinski definition) is 0. The van der Waals surface area contributed by atoms with Gasteiger partial charge in [-0.3, -0.25) is 0 Å². The summed E-state index contributed by atoms with van der Waals surface area (Å²) < 4.78 is 38.2. The summed E-state index contributed by atoms with van der Waals surface area (Å²) in [5.74, 6) is 2.67. The molecule has 0 saturated carbocycles. The third-order valence-corrected chi connectivity index (χ3v) is 10.1. The number of aromatic nitrogens is 2. The van der Waals surface area contributed by atoms with Gasteiger partial charge < -0.3 is 9.64 Å². The normalized spacial score (nSPS) is 14.8. The van der Waals surface area contributed by atoms with Gasteiger partial charge >= 0.3 is 0 Å². The molecular formula is C31H44N4O3S2. The molecule has 7 nitrogen and oxygen atoms in total. The number of ether oxygens (including phenoxy) is 1. The quantitative estimate of drug-likeness (QED) is 0.176. The molecule has 218 valence electrons. The SMILES string of the molecule is CCCCCCCCCCS(=O)(=O)N1CCCN(c2nc(Cc3ccc(Oc4ccc(C)cc4)cc3)ns2)CC1. The first-order valence-corrected chi connectivity index (χ1v) is 17.2. The lowest BCUT2D eigenvalue weighted by Crippen LogP contribution is -2.36. The van der Waals surface area contributed by atoms with Crippen molar-refractivity contribution < 1.29 is 13.2 Å². The molecule has 1 aliphatic rings. The van der Waals surface area contributed by atoms with Crippen LogP contribution in [0.2, 0.25) is 0 Å². The number of sulfonamides is 1. The van der Waals surface area contributed by atoms with E-state index in [1.807, 2.05) is 48.5 Å². The Labute approximate surface area is 244 Å². The van der Waals surface area contributed by atoms with Gasteiger partial charge in [0.05, 0.1) is 5.75 Å². The summed E-state index contributed by atoms with van der Waals surface area (Å²) in [5.41, 5.74) is 2.32. The minimum absolute atomic E-state index is 0.264. The van der Waals surface area contributed by atoms with Crippen LogP contribution in [0.4, 0.5) is 5.13 Å². The van der Waals surface area contributed by atoms with Gasteiger partial charge in [0.25, 0.3) is 0 Å². The molecule has 40 heavy (non-hydrogen) atoms. The lowest BCUT2D eigenvalue weighted by molar-refractivity contribution is 0.431. The predicted octanol–water partition coefficient (Wildman–Crippen LogP) is 7.21. The zero-order chi connectivity index (χ0) is 28.2. The molecule has 0 bridgehead atoms. The minimum Gasteiger partial charge on any atom is -0.457 e. The van der Waals surface area contributed by atoms with Crippen molar-refractivity contribution >= 4 is 26.7 Å². The summed E-state index contributed by atoms with van der Waals surface area (Å²) in [5, 5.41) is 0.872. The van der Waals surface area contributed by atoms with Gasteiger partial charge in [0.1, 0.15) is 17.3 Å². The Morgan fingerprint density at radius 2 is 1.48 bits per heavy atom. The topological polar surface area (TPSA) is 75.6 Å². The summed E-state index contributed by atoms with van der Waals surface area (Å²) in [6, 6.07) is 16.1. The number of hydrogen-bond acceptors (Lipinski definition) is 7. The summed E-state index contributed by atoms with van der Waals surface area (Å²) in [7, 11) is -3.21. The van der Waals surface area contributed by atoms with Crippen LogP contribution in [0.15, 0.2) is 48.5 Å². The average Bonchev–Trinajstić information content (AvgIpc) is 3.26. The maximum Gasteiger partial charge on any atom is 0.214 e. The van der Waals surface area contributed by atoms with Crippen molar-refractivity contribution in [1.29, 1.82) is 0 Å². The molecule has 0 radical (unpaired) electrons. The minimum atomic E-state index is -3.21. The molecule has 1 saturated heterocycles. The van der Waals surface area contributed by atoms with Crippen LogP contribution in [0.25, 0.3) is 0 Å². The highest BCUT2D eigenvalue weighted by molar-refractivity contribution is 7.89. The first-order chi connectivity index (χ1) is 19.4. The molecule has 0 unspecified atom stereocenters. The Kier molecular flexibility index (Phi) is 11.8. The van der Waals surface area contributed by atoms with Crippen molar-refractivity contribution in [2.75, 3.05) is 36.8 Å². The van der Waals surface area contributed by atoms with Crippen molar-refractivity contribution in [3.05, 3.63) is 65.5 Å². The molecule has 0 amide bonds. The van der Waals surface area contributed by atoms with Crippen molar-refractivity contribution in [1.82, 2.24) is 13.7 Å². The molecule has 2 aromatic carbocycles. The largest absolute Gasteiger partial charge is 0.457 e. The van der Waals surface area contributed by atoms with Crippen LogP contribution in [0.1, 0.15) is 81.7 Å². The number of anilines is 1. The molecule has 1 aromatic heterocycles. The van der Waals surface area contributed by atoms with Gasteiger partial charge in [-0.15, -0.1) is 0 Å². The van der Waals surface area contributed by atoms with Crippen LogP contribution >= 0.6 is 11.5 Å². The van der Waals surface area contributed by atoms with Crippen molar-refractivity contribution in [2.24, 2.45) is 0 Å². The van der Waals surface area contributed by atoms with E-state index in [-0.39, 0.29) is 5.75 Å². The number of benzene rings is 2. The van der Waals surface area contributed by atoms with Crippen LogP contribution in [-0.2, 0) is 16.4 Å². The van der Waals surface area contributed by atoms with Crippen LogP contribution in [0.3, 0.4) is 0 Å². The summed E-state index contributed by atoms with van der Waals surface area (Å²) in [4.78, 5) is 6.97. The molecule has 1 fully saturated rings. The monoisotopic (exact) mass is 584 g/mol. The number of nitrogens with zero attached hydrogens (tertiary/aromatic N) is 4. The standard InChI is InChI=1S/C31H44N4O3S2/c1-3-4-5-6-7-8-9-10-24-40(36,37)35-21-11-20-34(22-23-35)31-32-30(33-39-31)25-27-14-18-29(19-15-27)38-28-16-12-26(2)13-17-28/h12-19H,3-11,20-25H2,1-2H3. The maximum absolute atomic E-state index is 13.0. The van der Waals surface area contributed by atoms with Crippen LogP contribution in [-0.4, -0.2) is 54.0 Å². The van der Waals surface area contributed by atoms with E-state index < -0.39 is 10.0 Å². The van der Waals surface area contributed by atoms with Gasteiger partial charge in [0.2, 0.25) is 15.2 Å². The van der Waals surface area contributed by atoms with Crippen LogP contribution in [0, 0.1) is 6.92 Å². The van der Waals surface area contributed by atoms with E-state index in [1.54, 1.807) is 4.31 Å². The third-order valence-electron chi connectivity index (χ3n) is 7.37. The fourth-order valence-electron chi connectivity index (χ4n) is 4.96. The van der Waals surface area contributed by atoms with Gasteiger partial charge in [-0.05, 0) is 49.6 Å². The Balaban J connectivity index is 1.22. The third kappa shape index (κ3) is 9.56. The highest BCUT2D eigenvalue weighted by atomic mass is 32.2. The van der Waals surface area contributed by atoms with Gasteiger partial charge in [0, 0.05) is 44.1 Å². The molecule has 2 heterocycles. The zero-order valence-electron chi connectivity index (χ0n) is 24.1. The smallest absolute Gasteiger partial charge is 0.214 e. The Morgan fingerprint density at radius 1 is 0.825 bits per heavy atom. The number of rotatable bonds is 15. The Bertz CT molecular complexity index is 1260. The van der Waals surface area contributed by atoms with E-state index in [0.717, 1.165) is 60.2 Å². The van der Waals surface area contributed by atoms with Gasteiger partial charge in [-0.2, -0.15) is 4.37 Å². The second kappa shape index (κ2) is 15.5. The maximum atomic E-state index is 13.0. The number of aryl methyl sites for hydroxylation is 1. The average molecular weight is 585 g/mol. The highest BCUT2D eigenvalue weighted by Crippen LogP contribution is 2.24. The fraction of sp³-hybridized carbons (Fsp3) is 0.548. The predicted molar refractivity (Wildman–Crippen MR) is 165 cm³/mol. The fourth-order valence-corrected chi connectivity index (χ4v) is 7.29. The summed E-state index contributed by atoms with van der Waals surface area (Å²) in [6.45, 7) is 6.82. The van der Waals surface area contributed by atoms with E-state index in [9.17, 15) is 8.42 Å². The van der Waals surface area contributed by atoms with E-state index >= 15 is 0 Å². The summed E-state index contributed by atoms with van der Waals surface area (Å²) >= 11 is 1.40. The lowest BCUT2D eigenvalue weighted by atomic mass is 10.1. The van der Waals surface area contributed by atoms with Crippen LogP contribution in [0.5, 0.6) is 11.5 Å². The second-order valence-corrected chi connectivity index (χ2v) is 13.6. The summed E-state index contributed by atoms with van der Waals surface area (Å²) in [6.07, 6.45) is 10.7. The number of unbranched alkanes of at least 4 members (excludes halogenated alkanes) is 7. The van der Waals surface area contributed by atoms with Gasteiger partial charge in [0.15, 0.2) is 0 Å². The molecule has 0 aliphatic carbocycles. The molecule has 0 atom stereocenters. The molecule has 0 spiro atoms. The van der Waals surface area contributed by atoms with E-state index in [1.165, 1.54) is 49.2 Å². The molecule has 0 N–H and O–H groups in total. The Hall–Kier alpha value is -2.49. The lowest BCUT2D eigenvalue weighted by Gasteiger charge is -2.21. The van der Waals surface area contributed by atoms with Gasteiger partial charge in [-0.25, -0.2) is 17.7 Å². The molecule has 9 heteroatoms. The molecule has 1 aliphatic heterocycles. The van der Waals surface area contributed by atoms with E-state index in [2.05, 4.69) is 23.1 Å². The first-order valence-electron chi connectivity index (χ1n) is 14.8. The van der Waals surface area contributed by atoms with Crippen molar-refractivity contribution in [3.8, 4) is 11.5 Å². The van der Waals surface area contributed by atoms with Crippen molar-refractivity contribution in [2.45, 2.75) is 78.1 Å². The highest BCUT2D eigenvalue weighted by Gasteiger charge is 2.26. The Morgan fingerprint density at radius 3 is 2.17 bits per heavy atom. The van der Waals surface area contributed by atoms with E-state index in [0.29, 0.717) is 26.1 Å².